The van der Waals surface area contributed by atoms with Gasteiger partial charge in [-0.25, -0.2) is 4.57 Å². The van der Waals surface area contributed by atoms with Gasteiger partial charge in [-0.1, -0.05) is 248 Å². The van der Waals surface area contributed by atoms with Gasteiger partial charge in [0.15, 0.2) is 6.10 Å². The van der Waals surface area contributed by atoms with E-state index in [0.717, 1.165) is 148 Å². The first kappa shape index (κ1) is 77.4. The van der Waals surface area contributed by atoms with Gasteiger partial charge in [0.25, 0.3) is 0 Å². The molecular formula is C72H117NO8P+. The normalized spacial score (nSPS) is 14.4. The number of allylic oxidation sites excluding steroid dienone is 28. The molecule has 0 spiro atoms. The van der Waals surface area contributed by atoms with Gasteiger partial charge < -0.3 is 18.9 Å². The molecule has 2 atom stereocenters. The van der Waals surface area contributed by atoms with Crippen molar-refractivity contribution in [3.05, 3.63) is 170 Å². The lowest BCUT2D eigenvalue weighted by Crippen LogP contribution is -2.37. The van der Waals surface area contributed by atoms with Crippen LogP contribution >= 0.6 is 7.82 Å². The third-order valence-electron chi connectivity index (χ3n) is 12.7. The van der Waals surface area contributed by atoms with Crippen molar-refractivity contribution < 1.29 is 42.1 Å². The third-order valence-corrected chi connectivity index (χ3v) is 13.7. The Labute approximate surface area is 502 Å². The lowest BCUT2D eigenvalue weighted by Gasteiger charge is -2.24. The zero-order valence-corrected chi connectivity index (χ0v) is 53.3. The lowest BCUT2D eigenvalue weighted by molar-refractivity contribution is -0.870. The van der Waals surface area contributed by atoms with Crippen LogP contribution in [0.1, 0.15) is 219 Å². The number of nitrogens with zero attached hydrogens (tertiary/aromatic N) is 1. The maximum atomic E-state index is 12.8. The number of quaternary nitrogens is 1. The van der Waals surface area contributed by atoms with Crippen LogP contribution < -0.4 is 0 Å². The van der Waals surface area contributed by atoms with E-state index in [1.807, 2.05) is 21.1 Å². The Morgan fingerprint density at radius 2 is 0.659 bits per heavy atom. The zero-order chi connectivity index (χ0) is 59.8. The minimum absolute atomic E-state index is 0.0185. The summed E-state index contributed by atoms with van der Waals surface area (Å²) in [6, 6.07) is 0. The van der Waals surface area contributed by atoms with Gasteiger partial charge in [-0.05, 0) is 128 Å². The van der Waals surface area contributed by atoms with Crippen LogP contribution in [-0.4, -0.2) is 74.9 Å². The molecule has 0 saturated heterocycles. The molecule has 0 fully saturated rings. The molecule has 0 radical (unpaired) electrons. The van der Waals surface area contributed by atoms with E-state index >= 15 is 0 Å². The van der Waals surface area contributed by atoms with Gasteiger partial charge in [0, 0.05) is 12.8 Å². The van der Waals surface area contributed by atoms with Crippen molar-refractivity contribution in [3.8, 4) is 0 Å². The van der Waals surface area contributed by atoms with Crippen molar-refractivity contribution in [2.24, 2.45) is 0 Å². The molecule has 0 rings (SSSR count). The van der Waals surface area contributed by atoms with E-state index in [-0.39, 0.29) is 32.0 Å². The minimum atomic E-state index is -4.40. The Bertz CT molecular complexity index is 1990. The first-order valence-electron chi connectivity index (χ1n) is 31.9. The van der Waals surface area contributed by atoms with Crippen molar-refractivity contribution in [3.63, 3.8) is 0 Å². The van der Waals surface area contributed by atoms with Crippen LogP contribution in [0, 0.1) is 0 Å². The number of hydrogen-bond donors (Lipinski definition) is 1. The first-order valence-corrected chi connectivity index (χ1v) is 33.4. The Kier molecular flexibility index (Phi) is 57.5. The summed E-state index contributed by atoms with van der Waals surface area (Å²) in [5.41, 5.74) is 0. The van der Waals surface area contributed by atoms with Crippen LogP contribution in [0.5, 0.6) is 0 Å². The number of phosphoric acid groups is 1. The van der Waals surface area contributed by atoms with E-state index in [4.69, 9.17) is 18.5 Å². The quantitative estimate of drug-likeness (QED) is 0.0211. The monoisotopic (exact) mass is 1150 g/mol. The average Bonchev–Trinajstić information content (AvgIpc) is 3.45. The second-order valence-corrected chi connectivity index (χ2v) is 23.1. The summed E-state index contributed by atoms with van der Waals surface area (Å²) in [6.45, 7) is 4.16. The molecule has 82 heavy (non-hydrogen) atoms. The Morgan fingerprint density at radius 3 is 0.976 bits per heavy atom. The van der Waals surface area contributed by atoms with Crippen molar-refractivity contribution >= 4 is 19.8 Å². The SMILES string of the molecule is CC/C=C\C/C=C\C/C=C\C/C=C\C/C=C\C/C=C\C/C=C\C/C=C\C/C=C\C/C=C\C/C=C\CCCCCCCCCC(=O)OC(COC(=O)CCCCCCCCC/C=C\C/C=C\C/C=C\CC)COP(=O)(O)OCC[N+](C)(C)C. The summed E-state index contributed by atoms with van der Waals surface area (Å²) < 4.78 is 34.6. The van der Waals surface area contributed by atoms with Crippen LogP contribution in [0.3, 0.4) is 0 Å². The highest BCUT2D eigenvalue weighted by atomic mass is 31.2. The lowest BCUT2D eigenvalue weighted by atomic mass is 10.1. The standard InChI is InChI=1S/C72H116NO8P/c1-6-8-10-12-14-16-18-20-22-24-25-26-27-28-29-30-31-32-33-34-35-36-37-38-39-40-41-42-43-44-45-46-47-49-51-53-55-57-59-61-63-65-72(75)81-70(69-80-82(76,77)79-67-66-73(3,4)5)68-78-71(74)64-62-60-58-56-54-52-50-48-23-21-19-17-15-13-11-9-7-2/h8-11,14-17,20-23,25-26,28-29,31-32,34-35,37-38,40-41,43-44,46-47,70H,6-7,12-13,18-19,24,27,30,33,36,39,42,45,48-69H2,1-5H3/p+1/b10-8-,11-9-,16-14-,17-15-,22-20-,23-21-,26-25-,29-28-,32-31-,35-34-,38-37-,41-40-,44-43-,47-46-. The second kappa shape index (κ2) is 60.9. The molecule has 9 nitrogen and oxygen atoms in total. The minimum Gasteiger partial charge on any atom is -0.462 e. The Balaban J connectivity index is 4.16. The number of phosphoric ester groups is 1. The van der Waals surface area contributed by atoms with Gasteiger partial charge in [-0.2, -0.15) is 0 Å². The van der Waals surface area contributed by atoms with Crippen LogP contribution in [0.15, 0.2) is 170 Å². The number of unbranched alkanes of at least 4 members (excludes halogenated alkanes) is 14. The fraction of sp³-hybridized carbons (Fsp3) is 0.583. The van der Waals surface area contributed by atoms with Crippen molar-refractivity contribution in [2.45, 2.75) is 225 Å². The predicted molar refractivity (Wildman–Crippen MR) is 353 cm³/mol. The second-order valence-electron chi connectivity index (χ2n) is 21.7. The molecule has 2 unspecified atom stereocenters. The maximum absolute atomic E-state index is 12.8. The van der Waals surface area contributed by atoms with Gasteiger partial charge in [0.1, 0.15) is 19.8 Å². The first-order chi connectivity index (χ1) is 40.0. The molecule has 0 aromatic rings. The molecule has 10 heteroatoms. The molecule has 0 saturated carbocycles. The van der Waals surface area contributed by atoms with Crippen LogP contribution in [-0.2, 0) is 32.7 Å². The molecule has 0 amide bonds. The number of ether oxygens (including phenoxy) is 2. The summed E-state index contributed by atoms with van der Waals surface area (Å²) >= 11 is 0. The van der Waals surface area contributed by atoms with Crippen molar-refractivity contribution in [1.82, 2.24) is 0 Å². The largest absolute Gasteiger partial charge is 0.472 e. The third kappa shape index (κ3) is 64.5. The number of hydrogen-bond acceptors (Lipinski definition) is 7. The van der Waals surface area contributed by atoms with E-state index in [2.05, 4.69) is 184 Å². The summed E-state index contributed by atoms with van der Waals surface area (Å²) in [6.07, 6.45) is 92.9. The van der Waals surface area contributed by atoms with E-state index < -0.39 is 26.5 Å². The van der Waals surface area contributed by atoms with Crippen molar-refractivity contribution in [2.75, 3.05) is 47.5 Å². The number of carbonyl (C=O) groups is 2. The Hall–Kier alpha value is -4.63. The summed E-state index contributed by atoms with van der Waals surface area (Å²) in [5, 5.41) is 0. The highest BCUT2D eigenvalue weighted by molar-refractivity contribution is 7.47. The number of carbonyl (C=O) groups excluding carboxylic acids is 2. The summed E-state index contributed by atoms with van der Waals surface area (Å²) in [5.74, 6) is -0.834. The van der Waals surface area contributed by atoms with Crippen molar-refractivity contribution in [1.29, 1.82) is 0 Å². The highest BCUT2D eigenvalue weighted by Gasteiger charge is 2.27. The Morgan fingerprint density at radius 1 is 0.378 bits per heavy atom. The summed E-state index contributed by atoms with van der Waals surface area (Å²) in [4.78, 5) is 35.7. The van der Waals surface area contributed by atoms with E-state index in [1.165, 1.54) is 38.5 Å². The molecule has 0 aromatic carbocycles. The van der Waals surface area contributed by atoms with Gasteiger partial charge in [0.2, 0.25) is 0 Å². The van der Waals surface area contributed by atoms with Crippen LogP contribution in [0.2, 0.25) is 0 Å². The fourth-order valence-corrected chi connectivity index (χ4v) is 8.66. The number of rotatable bonds is 56. The van der Waals surface area contributed by atoms with Crippen LogP contribution in [0.25, 0.3) is 0 Å². The van der Waals surface area contributed by atoms with Gasteiger partial charge >= 0.3 is 19.8 Å². The predicted octanol–water partition coefficient (Wildman–Crippen LogP) is 20.6. The molecule has 0 aliphatic rings. The molecule has 462 valence electrons. The molecule has 0 aromatic heterocycles. The highest BCUT2D eigenvalue weighted by Crippen LogP contribution is 2.43. The molecular weight excluding hydrogens is 1040 g/mol. The van der Waals surface area contributed by atoms with Gasteiger partial charge in [-0.15, -0.1) is 0 Å². The smallest absolute Gasteiger partial charge is 0.462 e. The van der Waals surface area contributed by atoms with E-state index in [1.54, 1.807) is 0 Å². The molecule has 0 aliphatic heterocycles. The van der Waals surface area contributed by atoms with Gasteiger partial charge in [0.05, 0.1) is 27.7 Å². The zero-order valence-electron chi connectivity index (χ0n) is 52.4. The van der Waals surface area contributed by atoms with Crippen LogP contribution in [0.4, 0.5) is 0 Å². The number of likely N-dealkylation sites (N-methyl/N-ethyl adjacent to an activating group) is 1. The fourth-order valence-electron chi connectivity index (χ4n) is 7.92. The van der Waals surface area contributed by atoms with E-state index in [9.17, 15) is 19.0 Å². The van der Waals surface area contributed by atoms with Gasteiger partial charge in [-0.3, -0.25) is 18.6 Å². The molecule has 0 heterocycles. The summed E-state index contributed by atoms with van der Waals surface area (Å²) in [7, 11) is 1.44. The number of esters is 2. The average molecular weight is 1160 g/mol. The molecule has 0 bridgehead atoms. The topological polar surface area (TPSA) is 108 Å². The molecule has 1 N–H and O–H groups in total. The maximum Gasteiger partial charge on any atom is 0.472 e. The molecule has 0 aliphatic carbocycles. The van der Waals surface area contributed by atoms with E-state index in [0.29, 0.717) is 17.4 Å².